The molecule has 0 bridgehead atoms. The zero-order valence-electron chi connectivity index (χ0n) is 12.1. The lowest BCUT2D eigenvalue weighted by molar-refractivity contribution is 0.249. The van der Waals surface area contributed by atoms with Crippen LogP contribution >= 0.6 is 0 Å². The summed E-state index contributed by atoms with van der Waals surface area (Å²) >= 11 is 0. The van der Waals surface area contributed by atoms with Crippen LogP contribution in [-0.2, 0) is 16.6 Å². The second kappa shape index (κ2) is 6.71. The van der Waals surface area contributed by atoms with E-state index in [0.29, 0.717) is 18.3 Å². The molecule has 1 aromatic heterocycles. The van der Waals surface area contributed by atoms with E-state index in [1.54, 1.807) is 6.07 Å². The van der Waals surface area contributed by atoms with Crippen molar-refractivity contribution in [1.82, 2.24) is 14.9 Å². The van der Waals surface area contributed by atoms with Gasteiger partial charge in [0.05, 0.1) is 6.54 Å². The van der Waals surface area contributed by atoms with Gasteiger partial charge in [-0.15, -0.1) is 0 Å². The number of rotatable bonds is 7. The molecule has 1 aliphatic heterocycles. The molecule has 1 unspecified atom stereocenters. The van der Waals surface area contributed by atoms with E-state index in [1.165, 1.54) is 39.0 Å². The summed E-state index contributed by atoms with van der Waals surface area (Å²) in [6, 6.07) is 3.66. The molecule has 1 aromatic rings. The van der Waals surface area contributed by atoms with Crippen molar-refractivity contribution in [1.29, 1.82) is 0 Å². The van der Waals surface area contributed by atoms with Crippen molar-refractivity contribution in [3.63, 3.8) is 0 Å². The molecule has 2 rings (SSSR count). The average molecular weight is 301 g/mol. The molecule has 2 heterocycles. The van der Waals surface area contributed by atoms with E-state index in [0.717, 1.165) is 6.54 Å². The lowest BCUT2D eigenvalue weighted by Crippen LogP contribution is -2.38. The Morgan fingerprint density at radius 2 is 2.05 bits per heavy atom. The molecule has 0 spiro atoms. The average Bonchev–Trinajstić information content (AvgIpc) is 3.10. The van der Waals surface area contributed by atoms with E-state index in [1.807, 2.05) is 0 Å². The number of sulfonamides is 1. The molecule has 0 amide bonds. The van der Waals surface area contributed by atoms with Gasteiger partial charge in [-0.05, 0) is 52.0 Å². The quantitative estimate of drug-likeness (QED) is 0.778. The smallest absolute Gasteiger partial charge is 0.273 e. The number of nitrogens with one attached hydrogen (secondary N) is 2. The van der Waals surface area contributed by atoms with Crippen molar-refractivity contribution >= 4 is 10.0 Å². The first-order valence-electron chi connectivity index (χ1n) is 7.00. The molecule has 0 aliphatic carbocycles. The fraction of sp³-hybridized carbons (Fsp3) is 0.692. The Labute approximate surface area is 120 Å². The minimum absolute atomic E-state index is 0.0376. The van der Waals surface area contributed by atoms with Gasteiger partial charge in [-0.2, -0.15) is 0 Å². The van der Waals surface area contributed by atoms with Gasteiger partial charge in [-0.1, -0.05) is 0 Å². The fourth-order valence-corrected chi connectivity index (χ4v) is 3.08. The second-order valence-corrected chi connectivity index (χ2v) is 6.97. The summed E-state index contributed by atoms with van der Waals surface area (Å²) in [6.07, 6.45) is 2.57. The van der Waals surface area contributed by atoms with Gasteiger partial charge >= 0.3 is 0 Å². The molecular weight excluding hydrogens is 278 g/mol. The van der Waals surface area contributed by atoms with Crippen LogP contribution in [-0.4, -0.2) is 46.0 Å². The molecule has 0 aromatic carbocycles. The summed E-state index contributed by atoms with van der Waals surface area (Å²) in [7, 11) is -2.12. The predicted octanol–water partition coefficient (Wildman–Crippen LogP) is 0.762. The van der Waals surface area contributed by atoms with Crippen LogP contribution < -0.4 is 10.0 Å². The molecule has 6 nitrogen and oxygen atoms in total. The Bertz CT molecular complexity index is 521. The lowest BCUT2D eigenvalue weighted by Gasteiger charge is -2.23. The third-order valence-corrected chi connectivity index (χ3v) is 4.96. The molecule has 1 aliphatic rings. The van der Waals surface area contributed by atoms with Gasteiger partial charge in [0, 0.05) is 12.6 Å². The number of hydrogen-bond donors (Lipinski definition) is 2. The number of hydrogen-bond acceptors (Lipinski definition) is 5. The van der Waals surface area contributed by atoms with Crippen LogP contribution in [0.25, 0.3) is 0 Å². The third-order valence-electron chi connectivity index (χ3n) is 3.67. The highest BCUT2D eigenvalue weighted by Gasteiger charge is 2.18. The van der Waals surface area contributed by atoms with Crippen molar-refractivity contribution in [3.05, 3.63) is 17.9 Å². The summed E-state index contributed by atoms with van der Waals surface area (Å²) in [5.41, 5.74) is 0. The minimum atomic E-state index is -3.48. The van der Waals surface area contributed by atoms with Gasteiger partial charge in [0.15, 0.2) is 0 Å². The topological polar surface area (TPSA) is 74.6 Å². The van der Waals surface area contributed by atoms with E-state index < -0.39 is 10.0 Å². The molecule has 7 heteroatoms. The van der Waals surface area contributed by atoms with E-state index >= 15 is 0 Å². The standard InChI is InChI=1S/C13H23N3O3S/c1-11(16-7-3-4-8-16)9-15-10-12-5-6-13(19-12)20(17,18)14-2/h5-6,11,14-15H,3-4,7-10H2,1-2H3. The Balaban J connectivity index is 1.80. The molecule has 1 atom stereocenters. The zero-order chi connectivity index (χ0) is 14.6. The van der Waals surface area contributed by atoms with E-state index in [9.17, 15) is 8.42 Å². The lowest BCUT2D eigenvalue weighted by atomic mass is 10.3. The first-order valence-corrected chi connectivity index (χ1v) is 8.48. The van der Waals surface area contributed by atoms with Crippen LogP contribution in [0, 0.1) is 0 Å². The van der Waals surface area contributed by atoms with Crippen LogP contribution in [0.4, 0.5) is 0 Å². The van der Waals surface area contributed by atoms with Crippen LogP contribution in [0.2, 0.25) is 0 Å². The van der Waals surface area contributed by atoms with Crippen molar-refractivity contribution < 1.29 is 12.8 Å². The van der Waals surface area contributed by atoms with Gasteiger partial charge in [0.25, 0.3) is 10.0 Å². The van der Waals surface area contributed by atoms with Gasteiger partial charge in [-0.3, -0.25) is 4.90 Å². The molecule has 2 N–H and O–H groups in total. The maximum Gasteiger partial charge on any atom is 0.273 e. The highest BCUT2D eigenvalue weighted by atomic mass is 32.2. The summed E-state index contributed by atoms with van der Waals surface area (Å²) in [5.74, 6) is 0.632. The number of furan rings is 1. The van der Waals surface area contributed by atoms with Gasteiger partial charge in [0.2, 0.25) is 5.09 Å². The van der Waals surface area contributed by atoms with Crippen molar-refractivity contribution in [3.8, 4) is 0 Å². The SMILES string of the molecule is CNS(=O)(=O)c1ccc(CNCC(C)N2CCCC2)o1. The van der Waals surface area contributed by atoms with Crippen molar-refractivity contribution in [2.45, 2.75) is 37.4 Å². The van der Waals surface area contributed by atoms with E-state index in [2.05, 4.69) is 21.9 Å². The molecule has 0 saturated carbocycles. The maximum atomic E-state index is 11.5. The molecule has 20 heavy (non-hydrogen) atoms. The number of nitrogens with zero attached hydrogens (tertiary/aromatic N) is 1. The van der Waals surface area contributed by atoms with Crippen LogP contribution in [0.1, 0.15) is 25.5 Å². The Morgan fingerprint density at radius 1 is 1.35 bits per heavy atom. The first kappa shape index (κ1) is 15.5. The zero-order valence-corrected chi connectivity index (χ0v) is 12.9. The van der Waals surface area contributed by atoms with Gasteiger partial charge in [0.1, 0.15) is 5.76 Å². The highest BCUT2D eigenvalue weighted by molar-refractivity contribution is 7.89. The van der Waals surface area contributed by atoms with Crippen LogP contribution in [0.3, 0.4) is 0 Å². The predicted molar refractivity (Wildman–Crippen MR) is 76.9 cm³/mol. The monoisotopic (exact) mass is 301 g/mol. The Morgan fingerprint density at radius 3 is 2.70 bits per heavy atom. The summed E-state index contributed by atoms with van der Waals surface area (Å²) < 4.78 is 30.6. The van der Waals surface area contributed by atoms with Crippen LogP contribution in [0.5, 0.6) is 0 Å². The van der Waals surface area contributed by atoms with Gasteiger partial charge < -0.3 is 9.73 Å². The minimum Gasteiger partial charge on any atom is -0.447 e. The summed E-state index contributed by atoms with van der Waals surface area (Å²) in [6.45, 7) is 5.96. The third kappa shape index (κ3) is 3.82. The van der Waals surface area contributed by atoms with E-state index in [-0.39, 0.29) is 5.09 Å². The first-order chi connectivity index (χ1) is 9.53. The van der Waals surface area contributed by atoms with Crippen LogP contribution in [0.15, 0.2) is 21.6 Å². The summed E-state index contributed by atoms with van der Waals surface area (Å²) in [4.78, 5) is 2.46. The molecule has 0 radical (unpaired) electrons. The van der Waals surface area contributed by atoms with Crippen molar-refractivity contribution in [2.75, 3.05) is 26.7 Å². The fourth-order valence-electron chi connectivity index (χ4n) is 2.41. The number of likely N-dealkylation sites (tertiary alicyclic amines) is 1. The normalized spacial score (nSPS) is 18.5. The van der Waals surface area contributed by atoms with E-state index in [4.69, 9.17) is 4.42 Å². The Hall–Kier alpha value is -0.890. The molecule has 1 fully saturated rings. The second-order valence-electron chi connectivity index (χ2n) is 5.15. The molecular formula is C13H23N3O3S. The molecule has 114 valence electrons. The Kier molecular flexibility index (Phi) is 5.20. The maximum absolute atomic E-state index is 11.5. The molecule has 1 saturated heterocycles. The van der Waals surface area contributed by atoms with Gasteiger partial charge in [-0.25, -0.2) is 13.1 Å². The van der Waals surface area contributed by atoms with Crippen molar-refractivity contribution in [2.24, 2.45) is 0 Å². The largest absolute Gasteiger partial charge is 0.447 e. The highest BCUT2D eigenvalue weighted by Crippen LogP contribution is 2.14. The summed E-state index contributed by atoms with van der Waals surface area (Å²) in [5, 5.41) is 3.27.